The topological polar surface area (TPSA) is 83.4 Å². The van der Waals surface area contributed by atoms with Gasteiger partial charge in [0.05, 0.1) is 23.2 Å². The average molecular weight is 601 g/mol. The summed E-state index contributed by atoms with van der Waals surface area (Å²) in [5.74, 6) is -3.78. The number of halogens is 4. The number of hydrogen-bond donors (Lipinski definition) is 1. The maximum absolute atomic E-state index is 14.6. The number of alkyl halides is 2. The Bertz CT molecular complexity index is 1110. The molecule has 0 radical (unpaired) electrons. The lowest BCUT2D eigenvalue weighted by Crippen LogP contribution is -2.58. The van der Waals surface area contributed by atoms with Crippen LogP contribution in [0.4, 0.5) is 8.78 Å². The smallest absolute Gasteiger partial charge is 0.273 e. The number of piperidine rings is 1. The van der Waals surface area contributed by atoms with Gasteiger partial charge >= 0.3 is 0 Å². The zero-order chi connectivity index (χ0) is 24.9. The number of carbonyl (C=O) groups excluding carboxylic acids is 1. The normalized spacial score (nSPS) is 20.7. The highest BCUT2D eigenvalue weighted by Gasteiger charge is 2.46. The number of carbonyl (C=O) groups is 1. The van der Waals surface area contributed by atoms with Crippen LogP contribution in [0.2, 0.25) is 0 Å². The van der Waals surface area contributed by atoms with Crippen molar-refractivity contribution in [1.29, 1.82) is 0 Å². The summed E-state index contributed by atoms with van der Waals surface area (Å²) < 4.78 is 29.7. The highest BCUT2D eigenvalue weighted by molar-refractivity contribution is 14.1. The molecule has 0 aliphatic carbocycles. The van der Waals surface area contributed by atoms with Crippen molar-refractivity contribution >= 4 is 43.9 Å². The standard InChI is InChI=1S/C23H24ClF2IN6O/c1-4-16(24)11-30-22(27)31-12-18-14(2)10-23(25,26)13-33(18)21(34)19-17(7-6-15(3)32-19)20-28-8-5-9-29-20/h4-9,11,14,18H,1,10,12-13H2,2-3H3,(H,30,31)/b16-11+/t14-,18-/m1/s1. The molecule has 180 valence electrons. The summed E-state index contributed by atoms with van der Waals surface area (Å²) in [4.78, 5) is 31.8. The van der Waals surface area contributed by atoms with Crippen molar-refractivity contribution in [3.05, 3.63) is 65.9 Å². The van der Waals surface area contributed by atoms with E-state index in [9.17, 15) is 13.6 Å². The summed E-state index contributed by atoms with van der Waals surface area (Å²) in [7, 11) is 0. The van der Waals surface area contributed by atoms with E-state index in [-0.39, 0.29) is 18.7 Å². The summed E-state index contributed by atoms with van der Waals surface area (Å²) in [6, 6.07) is 4.56. The molecule has 1 fully saturated rings. The number of rotatable bonds is 6. The largest absolute Gasteiger partial charge is 0.363 e. The average Bonchev–Trinajstić information content (AvgIpc) is 2.81. The molecule has 3 heterocycles. The van der Waals surface area contributed by atoms with Crippen LogP contribution in [0, 0.1) is 12.8 Å². The quantitative estimate of drug-likeness (QED) is 0.166. The van der Waals surface area contributed by atoms with Crippen molar-refractivity contribution in [2.24, 2.45) is 10.9 Å². The summed E-state index contributed by atoms with van der Waals surface area (Å²) >= 11 is 7.85. The molecule has 1 aliphatic rings. The molecule has 1 aliphatic heterocycles. The van der Waals surface area contributed by atoms with Crippen LogP contribution < -0.4 is 5.32 Å². The van der Waals surface area contributed by atoms with Crippen molar-refractivity contribution in [1.82, 2.24) is 25.2 Å². The van der Waals surface area contributed by atoms with Gasteiger partial charge in [0.1, 0.15) is 5.69 Å². The highest BCUT2D eigenvalue weighted by Crippen LogP contribution is 2.35. The third-order valence-electron chi connectivity index (χ3n) is 5.34. The fraction of sp³-hybridized carbons (Fsp3) is 0.348. The van der Waals surface area contributed by atoms with Gasteiger partial charge in [-0.3, -0.25) is 4.79 Å². The van der Waals surface area contributed by atoms with Crippen LogP contribution in [0.15, 0.2) is 59.5 Å². The first kappa shape index (κ1) is 26.1. The van der Waals surface area contributed by atoms with Gasteiger partial charge in [-0.1, -0.05) is 25.1 Å². The van der Waals surface area contributed by atoms with E-state index in [1.807, 2.05) is 22.6 Å². The van der Waals surface area contributed by atoms with Crippen molar-refractivity contribution in [3.63, 3.8) is 0 Å². The van der Waals surface area contributed by atoms with E-state index < -0.39 is 30.3 Å². The molecule has 0 spiro atoms. The lowest BCUT2D eigenvalue weighted by Gasteiger charge is -2.43. The lowest BCUT2D eigenvalue weighted by molar-refractivity contribution is -0.0910. The third-order valence-corrected chi connectivity index (χ3v) is 6.25. The predicted molar refractivity (Wildman–Crippen MR) is 137 cm³/mol. The van der Waals surface area contributed by atoms with E-state index in [4.69, 9.17) is 11.6 Å². The first-order valence-electron chi connectivity index (χ1n) is 10.5. The second-order valence-corrected chi connectivity index (χ2v) is 9.44. The first-order valence-corrected chi connectivity index (χ1v) is 12.0. The summed E-state index contributed by atoms with van der Waals surface area (Å²) in [6.07, 6.45) is 5.65. The first-order chi connectivity index (χ1) is 16.1. The Hall–Kier alpha value is -2.47. The van der Waals surface area contributed by atoms with Gasteiger partial charge in [-0.05, 0) is 59.7 Å². The third kappa shape index (κ3) is 6.56. The van der Waals surface area contributed by atoms with Gasteiger partial charge in [0.15, 0.2) is 9.67 Å². The van der Waals surface area contributed by atoms with Gasteiger partial charge < -0.3 is 10.2 Å². The number of aromatic nitrogens is 3. The van der Waals surface area contributed by atoms with Crippen LogP contribution in [-0.2, 0) is 0 Å². The zero-order valence-corrected chi connectivity index (χ0v) is 21.6. The molecule has 0 saturated carbocycles. The molecule has 0 aromatic carbocycles. The molecular formula is C23H24ClF2IN6O. The molecule has 34 heavy (non-hydrogen) atoms. The van der Waals surface area contributed by atoms with Gasteiger partial charge in [0.25, 0.3) is 11.8 Å². The van der Waals surface area contributed by atoms with E-state index >= 15 is 0 Å². The predicted octanol–water partition coefficient (Wildman–Crippen LogP) is 4.98. The SMILES string of the molecule is C=C/C(Cl)=C\N=C(/I)NC[C@@H]1[C@H](C)CC(F)(F)CN1C(=O)c1nc(C)ccc1-c1ncccn1. The number of allylic oxidation sites excluding steroid dienone is 2. The number of amides is 1. The minimum Gasteiger partial charge on any atom is -0.363 e. The number of aliphatic imine (C=N–C) groups is 1. The summed E-state index contributed by atoms with van der Waals surface area (Å²) in [6.45, 7) is 6.52. The molecule has 2 aromatic rings. The van der Waals surface area contributed by atoms with E-state index in [2.05, 4.69) is 31.8 Å². The van der Waals surface area contributed by atoms with Gasteiger partial charge in [-0.25, -0.2) is 28.7 Å². The Kier molecular flexibility index (Phi) is 8.69. The Morgan fingerprint density at radius 2 is 2.12 bits per heavy atom. The Morgan fingerprint density at radius 3 is 2.79 bits per heavy atom. The fourth-order valence-electron chi connectivity index (χ4n) is 3.76. The van der Waals surface area contributed by atoms with E-state index in [1.165, 1.54) is 17.2 Å². The van der Waals surface area contributed by atoms with Crippen LogP contribution >= 0.6 is 34.2 Å². The maximum atomic E-state index is 14.6. The Labute approximate surface area is 215 Å². The number of pyridine rings is 1. The van der Waals surface area contributed by atoms with Crippen LogP contribution in [-0.4, -0.2) is 54.7 Å². The monoisotopic (exact) mass is 600 g/mol. The second kappa shape index (κ2) is 11.3. The Morgan fingerprint density at radius 1 is 1.41 bits per heavy atom. The summed E-state index contributed by atoms with van der Waals surface area (Å²) in [5.41, 5.74) is 1.03. The molecule has 2 atom stereocenters. The molecular weight excluding hydrogens is 577 g/mol. The second-order valence-electron chi connectivity index (χ2n) is 7.98. The molecule has 3 rings (SSSR count). The molecule has 7 nitrogen and oxygen atoms in total. The number of amidine groups is 1. The van der Waals surface area contributed by atoms with E-state index in [0.29, 0.717) is 26.0 Å². The van der Waals surface area contributed by atoms with Crippen LogP contribution in [0.3, 0.4) is 0 Å². The lowest BCUT2D eigenvalue weighted by atomic mass is 9.88. The Balaban J connectivity index is 1.94. The van der Waals surface area contributed by atoms with Crippen LogP contribution in [0.1, 0.15) is 29.5 Å². The van der Waals surface area contributed by atoms with Gasteiger partial charge in [-0.2, -0.15) is 0 Å². The van der Waals surface area contributed by atoms with Gasteiger partial charge in [-0.15, -0.1) is 0 Å². The minimum absolute atomic E-state index is 0.0464. The van der Waals surface area contributed by atoms with E-state index in [1.54, 1.807) is 44.4 Å². The molecule has 0 bridgehead atoms. The molecule has 11 heteroatoms. The maximum Gasteiger partial charge on any atom is 0.273 e. The van der Waals surface area contributed by atoms with Gasteiger partial charge in [0, 0.05) is 37.3 Å². The molecule has 1 saturated heterocycles. The highest BCUT2D eigenvalue weighted by atomic mass is 127. The van der Waals surface area contributed by atoms with Gasteiger partial charge in [0.2, 0.25) is 0 Å². The number of nitrogens with zero attached hydrogens (tertiary/aromatic N) is 5. The number of likely N-dealkylation sites (tertiary alicyclic amines) is 1. The van der Waals surface area contributed by atoms with Crippen molar-refractivity contribution in [3.8, 4) is 11.4 Å². The summed E-state index contributed by atoms with van der Waals surface area (Å²) in [5, 5.41) is 3.46. The van der Waals surface area contributed by atoms with Crippen molar-refractivity contribution < 1.29 is 13.6 Å². The fourth-order valence-corrected chi connectivity index (χ4v) is 4.17. The van der Waals surface area contributed by atoms with Crippen LogP contribution in [0.25, 0.3) is 11.4 Å². The van der Waals surface area contributed by atoms with E-state index in [0.717, 1.165) is 0 Å². The molecule has 0 unspecified atom stereocenters. The zero-order valence-electron chi connectivity index (χ0n) is 18.7. The van der Waals surface area contributed by atoms with Crippen LogP contribution in [0.5, 0.6) is 0 Å². The number of hydrogen-bond acceptors (Lipinski definition) is 5. The molecule has 1 N–H and O–H groups in total. The molecule has 1 amide bonds. The number of aryl methyl sites for hydroxylation is 1. The van der Waals surface area contributed by atoms with Crippen molar-refractivity contribution in [2.75, 3.05) is 13.1 Å². The van der Waals surface area contributed by atoms with Crippen molar-refractivity contribution in [2.45, 2.75) is 32.2 Å². The molecule has 2 aromatic heterocycles. The number of nitrogens with one attached hydrogen (secondary N) is 1. The minimum atomic E-state index is -3.01.